The van der Waals surface area contributed by atoms with Gasteiger partial charge in [-0.05, 0) is 45.1 Å². The minimum atomic E-state index is -0.420. The second-order valence-electron chi connectivity index (χ2n) is 9.62. The molecule has 1 aliphatic carbocycles. The van der Waals surface area contributed by atoms with Crippen LogP contribution in [-0.4, -0.2) is 61.1 Å². The van der Waals surface area contributed by atoms with Gasteiger partial charge in [0.2, 0.25) is 5.88 Å². The maximum Gasteiger partial charge on any atom is 0.254 e. The number of hydrogen-bond acceptors (Lipinski definition) is 5. The molecule has 0 unspecified atom stereocenters. The predicted octanol–water partition coefficient (Wildman–Crippen LogP) is 5.45. The van der Waals surface area contributed by atoms with E-state index in [4.69, 9.17) is 4.52 Å². The van der Waals surface area contributed by atoms with Crippen LogP contribution in [0.4, 0.5) is 10.3 Å². The highest BCUT2D eigenvalue weighted by atomic mass is 19.1. The van der Waals surface area contributed by atoms with Gasteiger partial charge in [0.1, 0.15) is 11.5 Å². The fourth-order valence-electron chi connectivity index (χ4n) is 4.75. The lowest BCUT2D eigenvalue weighted by Gasteiger charge is -2.32. The maximum absolute atomic E-state index is 13.9. The zero-order valence-corrected chi connectivity index (χ0v) is 20.9. The lowest BCUT2D eigenvalue weighted by molar-refractivity contribution is 0.0731. The second kappa shape index (κ2) is 11.5. The standard InChI is InChI=1S/C28H35FN4O2/c1-31(2)17-18-33(27(34)22-13-10-14-23(29)19-22)20-25-26(21-11-6-4-7-12-21)30-35-28(25)32(3)24-15-8-5-9-16-24/h4,6-7,10-14,19,24H,5,8-9,15-18,20H2,1-3H3. The van der Waals surface area contributed by atoms with Crippen LogP contribution >= 0.6 is 0 Å². The third kappa shape index (κ3) is 6.09. The number of benzene rings is 2. The van der Waals surface area contributed by atoms with Gasteiger partial charge in [0.25, 0.3) is 5.91 Å². The number of rotatable bonds is 9. The normalized spacial score (nSPS) is 14.3. The van der Waals surface area contributed by atoms with Gasteiger partial charge in [0, 0.05) is 37.3 Å². The van der Waals surface area contributed by atoms with Gasteiger partial charge >= 0.3 is 0 Å². The van der Waals surface area contributed by atoms with Crippen molar-refractivity contribution in [2.45, 2.75) is 44.7 Å². The molecule has 3 aromatic rings. The van der Waals surface area contributed by atoms with Gasteiger partial charge in [-0.2, -0.15) is 0 Å². The number of halogens is 1. The van der Waals surface area contributed by atoms with Crippen LogP contribution in [0.1, 0.15) is 48.0 Å². The lowest BCUT2D eigenvalue weighted by Crippen LogP contribution is -2.37. The van der Waals surface area contributed by atoms with E-state index in [1.165, 1.54) is 31.4 Å². The highest BCUT2D eigenvalue weighted by molar-refractivity contribution is 5.94. The Bertz CT molecular complexity index is 1110. The summed E-state index contributed by atoms with van der Waals surface area (Å²) in [5.41, 5.74) is 2.90. The van der Waals surface area contributed by atoms with Crippen LogP contribution in [0.15, 0.2) is 59.1 Å². The number of aromatic nitrogens is 1. The van der Waals surface area contributed by atoms with Gasteiger partial charge < -0.3 is 19.2 Å². The maximum atomic E-state index is 13.9. The number of carbonyl (C=O) groups is 1. The molecule has 2 aromatic carbocycles. The van der Waals surface area contributed by atoms with E-state index in [0.717, 1.165) is 29.7 Å². The van der Waals surface area contributed by atoms with Crippen molar-refractivity contribution < 1.29 is 13.7 Å². The first-order valence-corrected chi connectivity index (χ1v) is 12.4. The Morgan fingerprint density at radius 3 is 2.43 bits per heavy atom. The summed E-state index contributed by atoms with van der Waals surface area (Å²) in [6.45, 7) is 1.50. The molecule has 0 atom stereocenters. The van der Waals surface area contributed by atoms with Crippen molar-refractivity contribution in [1.29, 1.82) is 0 Å². The van der Waals surface area contributed by atoms with Gasteiger partial charge in [0.15, 0.2) is 0 Å². The molecule has 1 amide bonds. The Balaban J connectivity index is 1.72. The monoisotopic (exact) mass is 478 g/mol. The predicted molar refractivity (Wildman–Crippen MR) is 137 cm³/mol. The van der Waals surface area contributed by atoms with Crippen molar-refractivity contribution >= 4 is 11.8 Å². The molecule has 35 heavy (non-hydrogen) atoms. The first kappa shape index (κ1) is 24.9. The molecule has 1 fully saturated rings. The minimum absolute atomic E-state index is 0.210. The van der Waals surface area contributed by atoms with E-state index in [0.29, 0.717) is 37.1 Å². The highest BCUT2D eigenvalue weighted by Gasteiger charge is 2.29. The molecule has 186 valence electrons. The van der Waals surface area contributed by atoms with Gasteiger partial charge in [-0.15, -0.1) is 0 Å². The first-order chi connectivity index (χ1) is 16.9. The fourth-order valence-corrected chi connectivity index (χ4v) is 4.75. The molecule has 1 aromatic heterocycles. The summed E-state index contributed by atoms with van der Waals surface area (Å²) < 4.78 is 19.9. The molecule has 1 aliphatic rings. The van der Waals surface area contributed by atoms with E-state index in [1.54, 1.807) is 17.0 Å². The van der Waals surface area contributed by atoms with E-state index in [-0.39, 0.29) is 5.91 Å². The van der Waals surface area contributed by atoms with Gasteiger partial charge in [-0.3, -0.25) is 4.79 Å². The van der Waals surface area contributed by atoms with Crippen LogP contribution in [-0.2, 0) is 6.54 Å². The smallest absolute Gasteiger partial charge is 0.254 e. The average molecular weight is 479 g/mol. The summed E-state index contributed by atoms with van der Waals surface area (Å²) in [5.74, 6) is 0.0755. The Morgan fingerprint density at radius 1 is 1.00 bits per heavy atom. The van der Waals surface area contributed by atoms with Crippen LogP contribution in [0, 0.1) is 5.82 Å². The van der Waals surface area contributed by atoms with Crippen molar-refractivity contribution in [3.63, 3.8) is 0 Å². The quantitative estimate of drug-likeness (QED) is 0.409. The van der Waals surface area contributed by atoms with Crippen LogP contribution in [0.3, 0.4) is 0 Å². The molecule has 0 radical (unpaired) electrons. The SMILES string of the molecule is CN(C)CCN(Cc1c(-c2ccccc2)noc1N(C)C1CCCCC1)C(=O)c1cccc(F)c1. The minimum Gasteiger partial charge on any atom is -0.340 e. The molecule has 0 aliphatic heterocycles. The van der Waals surface area contributed by atoms with E-state index in [9.17, 15) is 9.18 Å². The van der Waals surface area contributed by atoms with Crippen LogP contribution in [0.2, 0.25) is 0 Å². The van der Waals surface area contributed by atoms with Crippen molar-refractivity contribution in [3.05, 3.63) is 71.5 Å². The largest absolute Gasteiger partial charge is 0.340 e. The Hall–Kier alpha value is -3.19. The van der Waals surface area contributed by atoms with E-state index in [2.05, 4.69) is 17.1 Å². The molecule has 7 heteroatoms. The van der Waals surface area contributed by atoms with E-state index < -0.39 is 5.82 Å². The summed E-state index contributed by atoms with van der Waals surface area (Å²) in [6, 6.07) is 16.2. The topological polar surface area (TPSA) is 52.8 Å². The van der Waals surface area contributed by atoms with Crippen molar-refractivity contribution in [2.24, 2.45) is 0 Å². The summed E-state index contributed by atoms with van der Waals surface area (Å²) in [5, 5.41) is 4.47. The van der Waals surface area contributed by atoms with Crippen LogP contribution < -0.4 is 4.90 Å². The average Bonchev–Trinajstić information content (AvgIpc) is 3.30. The van der Waals surface area contributed by atoms with Crippen molar-refractivity contribution in [3.8, 4) is 11.3 Å². The molecular weight excluding hydrogens is 443 g/mol. The van der Waals surface area contributed by atoms with Gasteiger partial charge in [-0.1, -0.05) is 60.8 Å². The summed E-state index contributed by atoms with van der Waals surface area (Å²) in [4.78, 5) is 19.5. The first-order valence-electron chi connectivity index (χ1n) is 12.4. The number of amides is 1. The number of carbonyl (C=O) groups excluding carboxylic acids is 1. The Morgan fingerprint density at radius 2 is 1.74 bits per heavy atom. The molecule has 0 N–H and O–H groups in total. The second-order valence-corrected chi connectivity index (χ2v) is 9.62. The highest BCUT2D eigenvalue weighted by Crippen LogP contribution is 2.35. The zero-order chi connectivity index (χ0) is 24.8. The molecule has 0 bridgehead atoms. The fraction of sp³-hybridized carbons (Fsp3) is 0.429. The van der Waals surface area contributed by atoms with Crippen molar-refractivity contribution in [1.82, 2.24) is 15.0 Å². The molecule has 1 heterocycles. The van der Waals surface area contributed by atoms with Gasteiger partial charge in [0.05, 0.1) is 12.1 Å². The number of hydrogen-bond donors (Lipinski definition) is 0. The Labute approximate surface area is 207 Å². The molecular formula is C28H35FN4O2. The molecule has 1 saturated carbocycles. The van der Waals surface area contributed by atoms with Gasteiger partial charge in [-0.25, -0.2) is 4.39 Å². The number of anilines is 1. The molecule has 0 saturated heterocycles. The molecule has 4 rings (SSSR count). The Kier molecular flexibility index (Phi) is 8.18. The number of likely N-dealkylation sites (N-methyl/N-ethyl adjacent to an activating group) is 1. The summed E-state index contributed by atoms with van der Waals surface area (Å²) >= 11 is 0. The molecule has 0 spiro atoms. The van der Waals surface area contributed by atoms with Crippen LogP contribution in [0.5, 0.6) is 0 Å². The number of nitrogens with zero attached hydrogens (tertiary/aromatic N) is 4. The zero-order valence-electron chi connectivity index (χ0n) is 20.9. The third-order valence-electron chi connectivity index (χ3n) is 6.78. The van der Waals surface area contributed by atoms with Crippen molar-refractivity contribution in [2.75, 3.05) is 39.1 Å². The van der Waals surface area contributed by atoms with E-state index >= 15 is 0 Å². The summed E-state index contributed by atoms with van der Waals surface area (Å²) in [7, 11) is 6.01. The summed E-state index contributed by atoms with van der Waals surface area (Å²) in [6.07, 6.45) is 5.91. The van der Waals surface area contributed by atoms with E-state index in [1.807, 2.05) is 49.3 Å². The third-order valence-corrected chi connectivity index (χ3v) is 6.78. The molecule has 6 nitrogen and oxygen atoms in total. The lowest BCUT2D eigenvalue weighted by atomic mass is 9.94. The van der Waals surface area contributed by atoms with Crippen LogP contribution in [0.25, 0.3) is 11.3 Å².